The van der Waals surface area contributed by atoms with Gasteiger partial charge in [0.2, 0.25) is 0 Å². The number of halogens is 2. The standard InChI is InChI=1S/C16H17F2NOS/c1-3-19(10-13-5-4-8-21-13)11(2)16(20)14-7-6-12(17)9-15(14)18/h4-9,11H,3,10H2,1-2H3. The Labute approximate surface area is 127 Å². The molecule has 21 heavy (non-hydrogen) atoms. The van der Waals surface area contributed by atoms with Crippen LogP contribution in [0.4, 0.5) is 8.78 Å². The minimum absolute atomic E-state index is 0.0615. The zero-order valence-electron chi connectivity index (χ0n) is 12.0. The lowest BCUT2D eigenvalue weighted by molar-refractivity contribution is 0.0832. The fourth-order valence-electron chi connectivity index (χ4n) is 2.21. The van der Waals surface area contributed by atoms with E-state index in [-0.39, 0.29) is 11.3 Å². The molecule has 0 amide bonds. The molecular formula is C16H17F2NOS. The van der Waals surface area contributed by atoms with Crippen molar-refractivity contribution in [1.29, 1.82) is 0 Å². The summed E-state index contributed by atoms with van der Waals surface area (Å²) in [6.45, 7) is 5.03. The van der Waals surface area contributed by atoms with Gasteiger partial charge in [-0.2, -0.15) is 0 Å². The molecule has 2 rings (SSSR count). The van der Waals surface area contributed by atoms with E-state index in [2.05, 4.69) is 0 Å². The first-order valence-electron chi connectivity index (χ1n) is 6.78. The number of nitrogens with zero attached hydrogens (tertiary/aromatic N) is 1. The van der Waals surface area contributed by atoms with Gasteiger partial charge in [0.15, 0.2) is 5.78 Å². The Hall–Kier alpha value is -1.59. The highest BCUT2D eigenvalue weighted by atomic mass is 32.1. The molecule has 1 aromatic carbocycles. The zero-order chi connectivity index (χ0) is 15.4. The van der Waals surface area contributed by atoms with E-state index in [1.54, 1.807) is 18.3 Å². The van der Waals surface area contributed by atoms with E-state index in [1.807, 2.05) is 29.3 Å². The molecule has 1 aromatic heterocycles. The minimum Gasteiger partial charge on any atom is -0.292 e. The number of likely N-dealkylation sites (N-methyl/N-ethyl adjacent to an activating group) is 1. The molecule has 1 unspecified atom stereocenters. The quantitative estimate of drug-likeness (QED) is 0.748. The second kappa shape index (κ2) is 6.91. The maximum absolute atomic E-state index is 13.7. The molecule has 112 valence electrons. The van der Waals surface area contributed by atoms with Crippen LogP contribution in [0.3, 0.4) is 0 Å². The molecule has 1 heterocycles. The lowest BCUT2D eigenvalue weighted by Crippen LogP contribution is -2.38. The van der Waals surface area contributed by atoms with Crippen LogP contribution in [0, 0.1) is 11.6 Å². The monoisotopic (exact) mass is 309 g/mol. The van der Waals surface area contributed by atoms with Gasteiger partial charge in [-0.3, -0.25) is 9.69 Å². The summed E-state index contributed by atoms with van der Waals surface area (Å²) in [6.07, 6.45) is 0. The molecule has 0 N–H and O–H groups in total. The highest BCUT2D eigenvalue weighted by molar-refractivity contribution is 7.09. The van der Waals surface area contributed by atoms with Crippen LogP contribution >= 0.6 is 11.3 Å². The van der Waals surface area contributed by atoms with E-state index >= 15 is 0 Å². The molecule has 2 aromatic rings. The fraction of sp³-hybridized carbons (Fsp3) is 0.312. The van der Waals surface area contributed by atoms with Gasteiger partial charge in [0.25, 0.3) is 0 Å². The van der Waals surface area contributed by atoms with Crippen LogP contribution in [0.5, 0.6) is 0 Å². The Morgan fingerprint density at radius 2 is 2.10 bits per heavy atom. The molecule has 0 saturated heterocycles. The lowest BCUT2D eigenvalue weighted by atomic mass is 10.0. The third-order valence-corrected chi connectivity index (χ3v) is 4.33. The van der Waals surface area contributed by atoms with E-state index in [1.165, 1.54) is 6.07 Å². The fourth-order valence-corrected chi connectivity index (χ4v) is 2.93. The maximum Gasteiger partial charge on any atom is 0.182 e. The topological polar surface area (TPSA) is 20.3 Å². The van der Waals surface area contributed by atoms with Crippen LogP contribution in [0.15, 0.2) is 35.7 Å². The van der Waals surface area contributed by atoms with Crippen molar-refractivity contribution in [3.05, 3.63) is 57.8 Å². The van der Waals surface area contributed by atoms with E-state index in [0.29, 0.717) is 13.1 Å². The number of ketones is 1. The van der Waals surface area contributed by atoms with Gasteiger partial charge in [0, 0.05) is 17.5 Å². The van der Waals surface area contributed by atoms with Crippen LogP contribution in [0.1, 0.15) is 29.1 Å². The number of carbonyl (C=O) groups is 1. The molecule has 5 heteroatoms. The summed E-state index contributed by atoms with van der Waals surface area (Å²) in [7, 11) is 0. The Balaban J connectivity index is 2.16. The predicted molar refractivity (Wildman–Crippen MR) is 80.6 cm³/mol. The van der Waals surface area contributed by atoms with Crippen LogP contribution in [-0.4, -0.2) is 23.3 Å². The summed E-state index contributed by atoms with van der Waals surface area (Å²) in [4.78, 5) is 15.5. The molecule has 0 radical (unpaired) electrons. The average Bonchev–Trinajstić information content (AvgIpc) is 2.96. The first-order valence-corrected chi connectivity index (χ1v) is 7.66. The highest BCUT2D eigenvalue weighted by Crippen LogP contribution is 2.18. The predicted octanol–water partition coefficient (Wildman–Crippen LogP) is 4.12. The van der Waals surface area contributed by atoms with Crippen molar-refractivity contribution in [2.45, 2.75) is 26.4 Å². The van der Waals surface area contributed by atoms with Crippen LogP contribution < -0.4 is 0 Å². The number of hydrogen-bond donors (Lipinski definition) is 0. The minimum atomic E-state index is -0.806. The molecule has 0 bridgehead atoms. The van der Waals surface area contributed by atoms with Crippen molar-refractivity contribution in [3.8, 4) is 0 Å². The highest BCUT2D eigenvalue weighted by Gasteiger charge is 2.24. The van der Waals surface area contributed by atoms with Crippen molar-refractivity contribution in [3.63, 3.8) is 0 Å². The third kappa shape index (κ3) is 3.74. The molecule has 2 nitrogen and oxygen atoms in total. The van der Waals surface area contributed by atoms with Crippen LogP contribution in [0.2, 0.25) is 0 Å². The summed E-state index contributed by atoms with van der Waals surface area (Å²) in [5.74, 6) is -1.81. The van der Waals surface area contributed by atoms with Crippen LogP contribution in [-0.2, 0) is 6.54 Å². The molecule has 0 aliphatic rings. The largest absolute Gasteiger partial charge is 0.292 e. The van der Waals surface area contributed by atoms with Gasteiger partial charge in [-0.25, -0.2) is 8.78 Å². The lowest BCUT2D eigenvalue weighted by Gasteiger charge is -2.26. The number of carbonyl (C=O) groups excluding carboxylic acids is 1. The van der Waals surface area contributed by atoms with Gasteiger partial charge in [-0.15, -0.1) is 11.3 Å². The Kier molecular flexibility index (Phi) is 5.20. The summed E-state index contributed by atoms with van der Waals surface area (Å²) in [5, 5.41) is 1.98. The smallest absolute Gasteiger partial charge is 0.182 e. The normalized spacial score (nSPS) is 12.6. The SMILES string of the molecule is CCN(Cc1cccs1)C(C)C(=O)c1ccc(F)cc1F. The number of Topliss-reactive ketones (excluding diaryl/α,β-unsaturated/α-hetero) is 1. The van der Waals surface area contributed by atoms with E-state index in [0.717, 1.165) is 17.0 Å². The van der Waals surface area contributed by atoms with Gasteiger partial charge < -0.3 is 0 Å². The summed E-state index contributed by atoms with van der Waals surface area (Å²) in [5.41, 5.74) is -0.0615. The summed E-state index contributed by atoms with van der Waals surface area (Å²) >= 11 is 1.62. The average molecular weight is 309 g/mol. The molecule has 0 aliphatic carbocycles. The zero-order valence-corrected chi connectivity index (χ0v) is 12.8. The summed E-state index contributed by atoms with van der Waals surface area (Å²) < 4.78 is 26.7. The van der Waals surface area contributed by atoms with Crippen molar-refractivity contribution in [1.82, 2.24) is 4.90 Å². The molecule has 1 atom stereocenters. The molecular weight excluding hydrogens is 292 g/mol. The van der Waals surface area contributed by atoms with Gasteiger partial charge in [-0.1, -0.05) is 13.0 Å². The Bertz CT molecular complexity index is 613. The van der Waals surface area contributed by atoms with E-state index in [4.69, 9.17) is 0 Å². The number of thiophene rings is 1. The second-order valence-electron chi connectivity index (χ2n) is 4.81. The van der Waals surface area contributed by atoms with Crippen LogP contribution in [0.25, 0.3) is 0 Å². The van der Waals surface area contributed by atoms with Gasteiger partial charge in [-0.05, 0) is 37.0 Å². The number of rotatable bonds is 6. The van der Waals surface area contributed by atoms with Crippen molar-refractivity contribution >= 4 is 17.1 Å². The molecule has 0 aliphatic heterocycles. The molecule has 0 spiro atoms. The van der Waals surface area contributed by atoms with Gasteiger partial charge in [0.1, 0.15) is 11.6 Å². The number of benzene rings is 1. The second-order valence-corrected chi connectivity index (χ2v) is 5.84. The summed E-state index contributed by atoms with van der Waals surface area (Å²) in [6, 6.07) is 6.57. The Morgan fingerprint density at radius 1 is 1.33 bits per heavy atom. The van der Waals surface area contributed by atoms with Crippen molar-refractivity contribution < 1.29 is 13.6 Å². The van der Waals surface area contributed by atoms with Gasteiger partial charge in [0.05, 0.1) is 11.6 Å². The first-order chi connectivity index (χ1) is 10.0. The van der Waals surface area contributed by atoms with Gasteiger partial charge >= 0.3 is 0 Å². The van der Waals surface area contributed by atoms with E-state index in [9.17, 15) is 13.6 Å². The van der Waals surface area contributed by atoms with Crippen molar-refractivity contribution in [2.75, 3.05) is 6.54 Å². The molecule has 0 fully saturated rings. The Morgan fingerprint density at radius 3 is 2.67 bits per heavy atom. The third-order valence-electron chi connectivity index (χ3n) is 3.47. The maximum atomic E-state index is 13.7. The number of hydrogen-bond acceptors (Lipinski definition) is 3. The molecule has 0 saturated carbocycles. The first kappa shape index (κ1) is 15.8. The van der Waals surface area contributed by atoms with Crippen molar-refractivity contribution in [2.24, 2.45) is 0 Å². The van der Waals surface area contributed by atoms with E-state index < -0.39 is 17.7 Å².